The van der Waals surface area contributed by atoms with Gasteiger partial charge in [0.25, 0.3) is 0 Å². The van der Waals surface area contributed by atoms with Gasteiger partial charge in [-0.15, -0.1) is 0 Å². The van der Waals surface area contributed by atoms with Gasteiger partial charge in [-0.05, 0) is 43.1 Å². The van der Waals surface area contributed by atoms with Crippen molar-refractivity contribution in [2.75, 3.05) is 0 Å². The van der Waals surface area contributed by atoms with Gasteiger partial charge in [-0.2, -0.15) is 0 Å². The maximum atomic E-state index is 14.1. The smallest absolute Gasteiger partial charge is 0.306 e. The van der Waals surface area contributed by atoms with Crippen molar-refractivity contribution in [1.82, 2.24) is 0 Å². The minimum atomic E-state index is -1.51. The zero-order valence-electron chi connectivity index (χ0n) is 23.6. The highest BCUT2D eigenvalue weighted by Gasteiger charge is 2.73. The Kier molecular flexibility index (Phi) is 6.76. The molecule has 9 atom stereocenters. The van der Waals surface area contributed by atoms with Crippen LogP contribution in [-0.2, 0) is 24.0 Å². The molecule has 4 aliphatic rings. The molecule has 4 aliphatic carbocycles. The van der Waals surface area contributed by atoms with Gasteiger partial charge in [-0.25, -0.2) is 0 Å². The van der Waals surface area contributed by atoms with E-state index in [0.29, 0.717) is 17.6 Å². The molecule has 4 rings (SSSR count). The molecule has 0 unspecified atom stereocenters. The first-order valence-corrected chi connectivity index (χ1v) is 13.8. The number of hydrogen-bond donors (Lipinski definition) is 3. The summed E-state index contributed by atoms with van der Waals surface area (Å²) < 4.78 is 0. The van der Waals surface area contributed by atoms with Crippen LogP contribution in [0.4, 0.5) is 0 Å². The standard InChI is InChI=1S/C30H42O8/c1-14(10-16(31)11-15(2)26(37)38)17-12-21(34)30(7)22-18(32)13-19-27(3,4)20(33)8-9-28(19,5)23(22)24(35)25(36)29(17,30)6/h14-15,17-19,25,32,36H,8-13H2,1-7H3,(H,37,38)/t14-,15-,17-,18+,19-,25-,28+,29+,30+/m1/s1. The molecule has 3 N–H and O–H groups in total. The predicted molar refractivity (Wildman–Crippen MR) is 138 cm³/mol. The monoisotopic (exact) mass is 530 g/mol. The second-order valence-corrected chi connectivity index (χ2v) is 13.7. The molecule has 2 fully saturated rings. The lowest BCUT2D eigenvalue weighted by molar-refractivity contribution is -0.158. The van der Waals surface area contributed by atoms with Gasteiger partial charge in [0.2, 0.25) is 0 Å². The minimum absolute atomic E-state index is 0.0344. The van der Waals surface area contributed by atoms with Crippen LogP contribution < -0.4 is 0 Å². The molecule has 0 aromatic carbocycles. The van der Waals surface area contributed by atoms with Crippen molar-refractivity contribution in [2.24, 2.45) is 45.3 Å². The summed E-state index contributed by atoms with van der Waals surface area (Å²) in [6, 6.07) is 0. The highest BCUT2D eigenvalue weighted by Crippen LogP contribution is 2.70. The summed E-state index contributed by atoms with van der Waals surface area (Å²) in [5.74, 6) is -3.91. The fourth-order valence-corrected chi connectivity index (χ4v) is 8.95. The Morgan fingerprint density at radius 2 is 1.58 bits per heavy atom. The molecule has 0 bridgehead atoms. The first kappa shape index (κ1) is 28.8. The van der Waals surface area contributed by atoms with Crippen LogP contribution in [0.1, 0.15) is 87.0 Å². The predicted octanol–water partition coefficient (Wildman–Crippen LogP) is 3.31. The third kappa shape index (κ3) is 3.58. The Hall–Kier alpha value is -2.19. The number of fused-ring (bicyclic) bond motifs is 4. The van der Waals surface area contributed by atoms with Gasteiger partial charge in [0.05, 0.1) is 17.4 Å². The highest BCUT2D eigenvalue weighted by atomic mass is 16.4. The van der Waals surface area contributed by atoms with Gasteiger partial charge in [0.1, 0.15) is 23.5 Å². The van der Waals surface area contributed by atoms with Crippen molar-refractivity contribution < 1.29 is 39.3 Å². The lowest BCUT2D eigenvalue weighted by Gasteiger charge is -2.61. The highest BCUT2D eigenvalue weighted by molar-refractivity contribution is 6.08. The molecule has 8 heteroatoms. The zero-order valence-corrected chi connectivity index (χ0v) is 23.6. The van der Waals surface area contributed by atoms with Crippen molar-refractivity contribution in [3.05, 3.63) is 11.1 Å². The summed E-state index contributed by atoms with van der Waals surface area (Å²) in [5, 5.41) is 32.5. The van der Waals surface area contributed by atoms with Crippen LogP contribution in [-0.4, -0.2) is 56.6 Å². The lowest BCUT2D eigenvalue weighted by Crippen LogP contribution is -2.64. The number of ketones is 4. The molecular formula is C30H42O8. The fourth-order valence-electron chi connectivity index (χ4n) is 8.95. The van der Waals surface area contributed by atoms with Crippen LogP contribution in [0.5, 0.6) is 0 Å². The molecule has 0 aromatic heterocycles. The molecule has 210 valence electrons. The summed E-state index contributed by atoms with van der Waals surface area (Å²) in [5.41, 5.74) is -3.37. The van der Waals surface area contributed by atoms with Gasteiger partial charge in [-0.1, -0.05) is 41.5 Å². The number of rotatable bonds is 6. The molecule has 0 radical (unpaired) electrons. The van der Waals surface area contributed by atoms with E-state index in [1.165, 1.54) is 6.92 Å². The zero-order chi connectivity index (χ0) is 28.7. The van der Waals surface area contributed by atoms with Gasteiger partial charge < -0.3 is 15.3 Å². The molecular weight excluding hydrogens is 488 g/mol. The molecule has 0 spiro atoms. The SMILES string of the molecule is C[C@H](CC(=O)C[C@@H](C)[C@H]1CC(=O)[C@@]2(C)C3=C(C(=O)[C@@H](O)[C@]12C)[C@@]1(C)CCC(=O)C(C)(C)[C@H]1C[C@@H]3O)C(=O)O. The topological polar surface area (TPSA) is 146 Å². The van der Waals surface area contributed by atoms with E-state index in [2.05, 4.69) is 0 Å². The Morgan fingerprint density at radius 3 is 2.16 bits per heavy atom. The second kappa shape index (κ2) is 8.91. The first-order chi connectivity index (χ1) is 17.4. The van der Waals surface area contributed by atoms with Gasteiger partial charge >= 0.3 is 5.97 Å². The molecule has 8 nitrogen and oxygen atoms in total. The number of aliphatic carboxylic acids is 1. The number of Topliss-reactive ketones (excluding diaryl/α,β-unsaturated/α-hetero) is 4. The minimum Gasteiger partial charge on any atom is -0.481 e. The molecule has 0 aliphatic heterocycles. The molecule has 0 amide bonds. The van der Waals surface area contributed by atoms with E-state index in [1.807, 2.05) is 27.7 Å². The van der Waals surface area contributed by atoms with Crippen molar-refractivity contribution >= 4 is 29.1 Å². The number of carbonyl (C=O) groups is 5. The summed E-state index contributed by atoms with van der Waals surface area (Å²) in [6.07, 6.45) is -1.71. The molecule has 0 aromatic rings. The molecule has 0 heterocycles. The average Bonchev–Trinajstić information content (AvgIpc) is 3.03. The number of carboxylic acid groups (broad SMARTS) is 1. The van der Waals surface area contributed by atoms with E-state index in [0.717, 1.165) is 0 Å². The van der Waals surface area contributed by atoms with E-state index in [-0.39, 0.29) is 61.3 Å². The Morgan fingerprint density at radius 1 is 0.974 bits per heavy atom. The van der Waals surface area contributed by atoms with Crippen LogP contribution in [0.2, 0.25) is 0 Å². The first-order valence-electron chi connectivity index (χ1n) is 13.8. The largest absolute Gasteiger partial charge is 0.481 e. The van der Waals surface area contributed by atoms with Crippen LogP contribution in [0.15, 0.2) is 11.1 Å². The van der Waals surface area contributed by atoms with Gasteiger partial charge in [-0.3, -0.25) is 24.0 Å². The number of carbonyl (C=O) groups excluding carboxylic acids is 4. The van der Waals surface area contributed by atoms with Crippen molar-refractivity contribution in [2.45, 2.75) is 99.2 Å². The van der Waals surface area contributed by atoms with E-state index in [4.69, 9.17) is 0 Å². The number of aliphatic hydroxyl groups excluding tert-OH is 2. The summed E-state index contributed by atoms with van der Waals surface area (Å²) in [4.78, 5) is 64.8. The van der Waals surface area contributed by atoms with Crippen molar-refractivity contribution in [3.63, 3.8) is 0 Å². The number of aliphatic hydroxyl groups is 2. The maximum absolute atomic E-state index is 14.1. The molecule has 2 saturated carbocycles. The lowest BCUT2D eigenvalue weighted by atomic mass is 9.42. The van der Waals surface area contributed by atoms with E-state index in [1.54, 1.807) is 13.8 Å². The van der Waals surface area contributed by atoms with Crippen LogP contribution in [0.3, 0.4) is 0 Å². The second-order valence-electron chi connectivity index (χ2n) is 13.7. The molecule has 38 heavy (non-hydrogen) atoms. The van der Waals surface area contributed by atoms with E-state index >= 15 is 0 Å². The van der Waals surface area contributed by atoms with Crippen molar-refractivity contribution in [1.29, 1.82) is 0 Å². The Balaban J connectivity index is 1.80. The van der Waals surface area contributed by atoms with Gasteiger partial charge in [0.15, 0.2) is 5.78 Å². The quantitative estimate of drug-likeness (QED) is 0.474. The van der Waals surface area contributed by atoms with Crippen LogP contribution >= 0.6 is 0 Å². The average molecular weight is 531 g/mol. The van der Waals surface area contributed by atoms with Crippen LogP contribution in [0.25, 0.3) is 0 Å². The van der Waals surface area contributed by atoms with Gasteiger partial charge in [0, 0.05) is 47.5 Å². The number of carboxylic acids is 1. The van der Waals surface area contributed by atoms with E-state index in [9.17, 15) is 39.3 Å². The van der Waals surface area contributed by atoms with Crippen molar-refractivity contribution in [3.8, 4) is 0 Å². The Bertz CT molecular complexity index is 1150. The number of hydrogen-bond acceptors (Lipinski definition) is 7. The third-order valence-corrected chi connectivity index (χ3v) is 11.5. The normalized spacial score (nSPS) is 41.8. The Labute approximate surface area is 224 Å². The third-order valence-electron chi connectivity index (χ3n) is 11.5. The summed E-state index contributed by atoms with van der Waals surface area (Å²) in [7, 11) is 0. The fraction of sp³-hybridized carbons (Fsp3) is 0.767. The summed E-state index contributed by atoms with van der Waals surface area (Å²) >= 11 is 0. The molecule has 0 saturated heterocycles. The summed E-state index contributed by atoms with van der Waals surface area (Å²) in [6.45, 7) is 12.4. The van der Waals surface area contributed by atoms with Crippen LogP contribution in [0, 0.1) is 45.3 Å². The maximum Gasteiger partial charge on any atom is 0.306 e. The van der Waals surface area contributed by atoms with E-state index < -0.39 is 57.5 Å².